The Balaban J connectivity index is 3.14. The van der Waals surface area contributed by atoms with Gasteiger partial charge in [0.2, 0.25) is 0 Å². The average Bonchev–Trinajstić information content (AvgIpc) is 1.95. The summed E-state index contributed by atoms with van der Waals surface area (Å²) in [5.74, 6) is 0.447. The number of hydrogen-bond acceptors (Lipinski definition) is 1. The van der Waals surface area contributed by atoms with Gasteiger partial charge in [-0.1, -0.05) is 11.6 Å². The molecule has 0 saturated carbocycles. The number of halogens is 2. The highest BCUT2D eigenvalue weighted by Crippen LogP contribution is 2.19. The van der Waals surface area contributed by atoms with Gasteiger partial charge in [-0.3, -0.25) is 4.98 Å². The summed E-state index contributed by atoms with van der Waals surface area (Å²) >= 11 is 11.4. The Morgan fingerprint density at radius 1 is 1.60 bits per heavy atom. The van der Waals surface area contributed by atoms with E-state index in [0.717, 1.165) is 11.3 Å². The molecule has 0 amide bonds. The van der Waals surface area contributed by atoms with Gasteiger partial charge in [-0.25, -0.2) is 0 Å². The highest BCUT2D eigenvalue weighted by molar-refractivity contribution is 6.32. The highest BCUT2D eigenvalue weighted by Gasteiger charge is 2.00. The fourth-order valence-corrected chi connectivity index (χ4v) is 1.17. The van der Waals surface area contributed by atoms with Gasteiger partial charge in [0.25, 0.3) is 0 Å². The monoisotopic (exact) mass is 175 g/mol. The number of nitrogens with zero attached hydrogens (tertiary/aromatic N) is 1. The lowest BCUT2D eigenvalue weighted by Crippen LogP contribution is -1.86. The van der Waals surface area contributed by atoms with Crippen molar-refractivity contribution < 1.29 is 0 Å². The normalized spacial score (nSPS) is 9.90. The number of aryl methyl sites for hydroxylation is 1. The van der Waals surface area contributed by atoms with Crippen LogP contribution in [0.15, 0.2) is 12.3 Å². The molecule has 0 atom stereocenters. The number of rotatable bonds is 1. The number of aromatic nitrogens is 1. The fourth-order valence-electron chi connectivity index (χ4n) is 0.704. The van der Waals surface area contributed by atoms with Crippen LogP contribution < -0.4 is 0 Å². The maximum atomic E-state index is 5.85. The summed E-state index contributed by atoms with van der Waals surface area (Å²) < 4.78 is 0. The van der Waals surface area contributed by atoms with Crippen molar-refractivity contribution in [3.8, 4) is 0 Å². The summed E-state index contributed by atoms with van der Waals surface area (Å²) in [5, 5.41) is 0.678. The predicted molar refractivity (Wildman–Crippen MR) is 43.5 cm³/mol. The van der Waals surface area contributed by atoms with E-state index in [4.69, 9.17) is 23.2 Å². The molecule has 1 rings (SSSR count). The van der Waals surface area contributed by atoms with Crippen LogP contribution >= 0.6 is 23.2 Å². The highest BCUT2D eigenvalue weighted by atomic mass is 35.5. The van der Waals surface area contributed by atoms with Crippen molar-refractivity contribution in [3.05, 3.63) is 28.5 Å². The molecule has 0 radical (unpaired) electrons. The topological polar surface area (TPSA) is 12.9 Å². The van der Waals surface area contributed by atoms with Crippen LogP contribution in [0.1, 0.15) is 11.3 Å². The minimum Gasteiger partial charge on any atom is -0.260 e. The van der Waals surface area contributed by atoms with Crippen LogP contribution in [0.3, 0.4) is 0 Å². The molecule has 1 aromatic rings. The van der Waals surface area contributed by atoms with Gasteiger partial charge in [0.1, 0.15) is 0 Å². The van der Waals surface area contributed by atoms with Crippen LogP contribution in [0.2, 0.25) is 5.02 Å². The van der Waals surface area contributed by atoms with Crippen molar-refractivity contribution >= 4 is 23.2 Å². The minimum absolute atomic E-state index is 0.447. The van der Waals surface area contributed by atoms with Gasteiger partial charge in [-0.15, -0.1) is 11.6 Å². The quantitative estimate of drug-likeness (QED) is 0.599. The van der Waals surface area contributed by atoms with Crippen molar-refractivity contribution in [2.24, 2.45) is 0 Å². The summed E-state index contributed by atoms with van der Waals surface area (Å²) in [4.78, 5) is 4.00. The Kier molecular flexibility index (Phi) is 2.52. The first-order chi connectivity index (χ1) is 4.75. The van der Waals surface area contributed by atoms with E-state index < -0.39 is 0 Å². The molecule has 54 valence electrons. The third-order valence-corrected chi connectivity index (χ3v) is 2.09. The van der Waals surface area contributed by atoms with E-state index in [9.17, 15) is 0 Å². The van der Waals surface area contributed by atoms with E-state index in [-0.39, 0.29) is 0 Å². The van der Waals surface area contributed by atoms with E-state index in [1.807, 2.05) is 13.0 Å². The van der Waals surface area contributed by atoms with Gasteiger partial charge in [-0.05, 0) is 18.6 Å². The molecule has 0 spiro atoms. The van der Waals surface area contributed by atoms with Gasteiger partial charge in [-0.2, -0.15) is 0 Å². The molecule has 1 heterocycles. The Morgan fingerprint density at radius 3 is 2.80 bits per heavy atom. The van der Waals surface area contributed by atoms with Crippen molar-refractivity contribution in [2.45, 2.75) is 12.8 Å². The summed E-state index contributed by atoms with van der Waals surface area (Å²) in [6, 6.07) is 1.82. The molecule has 0 N–H and O–H groups in total. The third-order valence-electron chi connectivity index (χ3n) is 1.29. The van der Waals surface area contributed by atoms with Crippen LogP contribution in [-0.4, -0.2) is 4.98 Å². The lowest BCUT2D eigenvalue weighted by atomic mass is 10.2. The standard InChI is InChI=1S/C7H7Cl2N/c1-5-7(9)6(4-8)2-3-10-5/h2-3H,4H2,1H3. The number of alkyl halides is 1. The Labute approximate surface area is 70.0 Å². The lowest BCUT2D eigenvalue weighted by molar-refractivity contribution is 1.17. The summed E-state index contributed by atoms with van der Waals surface area (Å²) in [5.41, 5.74) is 1.77. The fraction of sp³-hybridized carbons (Fsp3) is 0.286. The van der Waals surface area contributed by atoms with E-state index in [1.54, 1.807) is 6.20 Å². The average molecular weight is 176 g/mol. The molecule has 0 aliphatic carbocycles. The van der Waals surface area contributed by atoms with Gasteiger partial charge in [0.05, 0.1) is 10.7 Å². The Morgan fingerprint density at radius 2 is 2.30 bits per heavy atom. The molecule has 0 aliphatic heterocycles. The second-order valence-corrected chi connectivity index (χ2v) is 2.65. The van der Waals surface area contributed by atoms with Gasteiger partial charge in [0, 0.05) is 12.1 Å². The smallest absolute Gasteiger partial charge is 0.0662 e. The molecule has 0 bridgehead atoms. The maximum Gasteiger partial charge on any atom is 0.0662 e. The zero-order chi connectivity index (χ0) is 7.56. The molecular formula is C7H7Cl2N. The van der Waals surface area contributed by atoms with Crippen LogP contribution in [0.4, 0.5) is 0 Å². The molecular weight excluding hydrogens is 169 g/mol. The maximum absolute atomic E-state index is 5.85. The van der Waals surface area contributed by atoms with E-state index in [0.29, 0.717) is 10.9 Å². The SMILES string of the molecule is Cc1nccc(CCl)c1Cl. The molecule has 0 fully saturated rings. The predicted octanol–water partition coefficient (Wildman–Crippen LogP) is 2.78. The first-order valence-electron chi connectivity index (χ1n) is 2.91. The first-order valence-corrected chi connectivity index (χ1v) is 3.83. The van der Waals surface area contributed by atoms with Crippen LogP contribution in [0.5, 0.6) is 0 Å². The van der Waals surface area contributed by atoms with E-state index in [2.05, 4.69) is 4.98 Å². The van der Waals surface area contributed by atoms with Crippen molar-refractivity contribution in [1.82, 2.24) is 4.98 Å². The first kappa shape index (κ1) is 7.83. The molecule has 3 heteroatoms. The van der Waals surface area contributed by atoms with E-state index in [1.165, 1.54) is 0 Å². The molecule has 0 saturated heterocycles. The second-order valence-electron chi connectivity index (χ2n) is 2.00. The zero-order valence-corrected chi connectivity index (χ0v) is 7.08. The number of pyridine rings is 1. The Hall–Kier alpha value is -0.270. The van der Waals surface area contributed by atoms with E-state index >= 15 is 0 Å². The summed E-state index contributed by atoms with van der Waals surface area (Å²) in [7, 11) is 0. The zero-order valence-electron chi connectivity index (χ0n) is 5.56. The molecule has 1 aromatic heterocycles. The van der Waals surface area contributed by atoms with Crippen molar-refractivity contribution in [1.29, 1.82) is 0 Å². The van der Waals surface area contributed by atoms with Gasteiger partial charge >= 0.3 is 0 Å². The van der Waals surface area contributed by atoms with Crippen LogP contribution in [-0.2, 0) is 5.88 Å². The molecule has 0 unspecified atom stereocenters. The van der Waals surface area contributed by atoms with Crippen molar-refractivity contribution in [3.63, 3.8) is 0 Å². The summed E-state index contributed by atoms with van der Waals surface area (Å²) in [6.07, 6.45) is 1.71. The third kappa shape index (κ3) is 1.41. The lowest BCUT2D eigenvalue weighted by Gasteiger charge is -2.00. The molecule has 10 heavy (non-hydrogen) atoms. The Bertz CT molecular complexity index is 235. The molecule has 1 nitrogen and oxygen atoms in total. The van der Waals surface area contributed by atoms with Gasteiger partial charge in [0.15, 0.2) is 0 Å². The largest absolute Gasteiger partial charge is 0.260 e. The van der Waals surface area contributed by atoms with Gasteiger partial charge < -0.3 is 0 Å². The second kappa shape index (κ2) is 3.22. The minimum atomic E-state index is 0.447. The van der Waals surface area contributed by atoms with Crippen LogP contribution in [0, 0.1) is 6.92 Å². The van der Waals surface area contributed by atoms with Crippen LogP contribution in [0.25, 0.3) is 0 Å². The summed E-state index contributed by atoms with van der Waals surface area (Å²) in [6.45, 7) is 1.86. The number of hydrogen-bond donors (Lipinski definition) is 0. The molecule has 0 aromatic carbocycles. The van der Waals surface area contributed by atoms with Crippen molar-refractivity contribution in [2.75, 3.05) is 0 Å². The molecule has 0 aliphatic rings.